The summed E-state index contributed by atoms with van der Waals surface area (Å²) in [5.74, 6) is -0.178. The van der Waals surface area contributed by atoms with Crippen LogP contribution in [0.1, 0.15) is 37.5 Å². The number of rotatable bonds is 12. The zero-order valence-electron chi connectivity index (χ0n) is 21.9. The van der Waals surface area contributed by atoms with Gasteiger partial charge in [0.2, 0.25) is 0 Å². The summed E-state index contributed by atoms with van der Waals surface area (Å²) in [6, 6.07) is 28.5. The van der Waals surface area contributed by atoms with Crippen molar-refractivity contribution >= 4 is 11.9 Å². The van der Waals surface area contributed by atoms with Crippen molar-refractivity contribution in [1.29, 1.82) is 0 Å². The van der Waals surface area contributed by atoms with Gasteiger partial charge < -0.3 is 14.8 Å². The summed E-state index contributed by atoms with van der Waals surface area (Å²) >= 11 is 0. The molecule has 0 bridgehead atoms. The number of hydrogen-bond acceptors (Lipinski definition) is 4. The van der Waals surface area contributed by atoms with Gasteiger partial charge in [0.1, 0.15) is 6.61 Å². The fourth-order valence-electron chi connectivity index (χ4n) is 3.78. The van der Waals surface area contributed by atoms with Gasteiger partial charge in [-0.25, -0.2) is 4.79 Å². The number of carbonyl (C=O) groups is 2. The third kappa shape index (κ3) is 10.8. The molecule has 0 fully saturated rings. The van der Waals surface area contributed by atoms with Gasteiger partial charge in [-0.15, -0.1) is 0 Å². The Labute approximate surface area is 220 Å². The van der Waals surface area contributed by atoms with Crippen LogP contribution in [-0.2, 0) is 33.7 Å². The number of ketones is 1. The molecular weight excluding hydrogens is 462 g/mol. The third-order valence-electron chi connectivity index (χ3n) is 5.73. The Hall–Kier alpha value is -3.70. The van der Waals surface area contributed by atoms with Gasteiger partial charge in [0.15, 0.2) is 5.78 Å². The van der Waals surface area contributed by atoms with Crippen molar-refractivity contribution in [3.05, 3.63) is 120 Å². The molecule has 0 unspecified atom stereocenters. The van der Waals surface area contributed by atoms with Crippen LogP contribution in [-0.4, -0.2) is 30.1 Å². The summed E-state index contributed by atoms with van der Waals surface area (Å²) < 4.78 is 11.4. The summed E-state index contributed by atoms with van der Waals surface area (Å²) in [5.41, 5.74) is 2.72. The molecule has 2 atom stereocenters. The first-order valence-electron chi connectivity index (χ1n) is 12.7. The van der Waals surface area contributed by atoms with Crippen LogP contribution in [0.5, 0.6) is 0 Å². The van der Waals surface area contributed by atoms with E-state index in [1.165, 1.54) is 5.56 Å². The van der Waals surface area contributed by atoms with Crippen LogP contribution in [0, 0.1) is 5.92 Å². The predicted octanol–water partition coefficient (Wildman–Crippen LogP) is 6.32. The second-order valence-electron chi connectivity index (χ2n) is 10.1. The molecule has 0 aliphatic heterocycles. The van der Waals surface area contributed by atoms with E-state index >= 15 is 0 Å². The molecule has 0 saturated carbocycles. The topological polar surface area (TPSA) is 64.6 Å². The van der Waals surface area contributed by atoms with E-state index in [4.69, 9.17) is 9.47 Å². The quantitative estimate of drug-likeness (QED) is 0.296. The number of ether oxygens (including phenoxy) is 2. The Morgan fingerprint density at radius 1 is 0.784 bits per heavy atom. The Morgan fingerprint density at radius 2 is 1.30 bits per heavy atom. The summed E-state index contributed by atoms with van der Waals surface area (Å²) in [6.45, 7) is 6.67. The molecule has 194 valence electrons. The highest BCUT2D eigenvalue weighted by Gasteiger charge is 2.21. The molecule has 0 aliphatic rings. The van der Waals surface area contributed by atoms with Gasteiger partial charge in [0.05, 0.1) is 18.2 Å². The standard InChI is InChI=1S/C32H37NO4/c1-32(2,3)37-24-28(21-25-13-7-4-8-14-25)19-20-30(34)29(22-26-15-9-5-10-16-26)33-31(35)36-23-27-17-11-6-12-18-27/h4-20,28-29H,21-24H2,1-3H3,(H,33,35)/b20-19+/t28-,29-/m0/s1. The highest BCUT2D eigenvalue weighted by atomic mass is 16.5. The molecule has 5 heteroatoms. The molecule has 1 N–H and O–H groups in total. The Kier molecular flexibility index (Phi) is 10.7. The maximum Gasteiger partial charge on any atom is 0.408 e. The summed E-state index contributed by atoms with van der Waals surface area (Å²) in [7, 11) is 0. The summed E-state index contributed by atoms with van der Waals surface area (Å²) in [5, 5.41) is 2.77. The normalized spacial score (nSPS) is 13.2. The SMILES string of the molecule is CC(C)(C)OC[C@@H](/C=C/C(=O)[C@H](Cc1ccccc1)NC(=O)OCc1ccccc1)Cc1ccccc1. The minimum Gasteiger partial charge on any atom is -0.445 e. The molecule has 3 aromatic rings. The van der Waals surface area contributed by atoms with Crippen molar-refractivity contribution in [2.24, 2.45) is 5.92 Å². The van der Waals surface area contributed by atoms with Gasteiger partial charge in [-0.05, 0) is 50.0 Å². The van der Waals surface area contributed by atoms with E-state index in [0.717, 1.165) is 17.5 Å². The largest absolute Gasteiger partial charge is 0.445 e. The average molecular weight is 500 g/mol. The number of amides is 1. The molecule has 0 aliphatic carbocycles. The van der Waals surface area contributed by atoms with E-state index in [1.54, 1.807) is 6.08 Å². The first-order chi connectivity index (χ1) is 17.8. The fraction of sp³-hybridized carbons (Fsp3) is 0.312. The van der Waals surface area contributed by atoms with Crippen LogP contribution < -0.4 is 5.32 Å². The first kappa shape index (κ1) is 27.9. The van der Waals surface area contributed by atoms with Crippen molar-refractivity contribution in [2.75, 3.05) is 6.61 Å². The molecule has 3 aromatic carbocycles. The van der Waals surface area contributed by atoms with Gasteiger partial charge >= 0.3 is 6.09 Å². The predicted molar refractivity (Wildman–Crippen MR) is 147 cm³/mol. The van der Waals surface area contributed by atoms with Crippen LogP contribution >= 0.6 is 0 Å². The molecule has 0 spiro atoms. The van der Waals surface area contributed by atoms with E-state index in [0.29, 0.717) is 13.0 Å². The Morgan fingerprint density at radius 3 is 1.84 bits per heavy atom. The van der Waals surface area contributed by atoms with Gasteiger partial charge in [-0.1, -0.05) is 97.1 Å². The van der Waals surface area contributed by atoms with Crippen LogP contribution in [0.15, 0.2) is 103 Å². The van der Waals surface area contributed by atoms with E-state index in [2.05, 4.69) is 17.4 Å². The van der Waals surface area contributed by atoms with Crippen LogP contribution in [0.4, 0.5) is 4.79 Å². The molecule has 0 radical (unpaired) electrons. The Balaban J connectivity index is 1.70. The molecule has 3 rings (SSSR count). The molecule has 5 nitrogen and oxygen atoms in total. The number of nitrogens with one attached hydrogen (secondary N) is 1. The number of carbonyl (C=O) groups excluding carboxylic acids is 2. The maximum atomic E-state index is 13.3. The van der Waals surface area contributed by atoms with E-state index in [-0.39, 0.29) is 23.9 Å². The third-order valence-corrected chi connectivity index (χ3v) is 5.73. The highest BCUT2D eigenvalue weighted by molar-refractivity contribution is 5.96. The molecule has 1 amide bonds. The monoisotopic (exact) mass is 499 g/mol. The lowest BCUT2D eigenvalue weighted by molar-refractivity contribution is -0.116. The zero-order chi connectivity index (χ0) is 26.5. The number of alkyl carbamates (subject to hydrolysis) is 1. The number of hydrogen-bond donors (Lipinski definition) is 1. The lowest BCUT2D eigenvalue weighted by Gasteiger charge is -2.23. The van der Waals surface area contributed by atoms with Crippen molar-refractivity contribution < 1.29 is 19.1 Å². The average Bonchev–Trinajstić information content (AvgIpc) is 2.90. The van der Waals surface area contributed by atoms with Gasteiger partial charge in [0, 0.05) is 12.3 Å². The molecular formula is C32H37NO4. The van der Waals surface area contributed by atoms with Crippen LogP contribution in [0.25, 0.3) is 0 Å². The van der Waals surface area contributed by atoms with Gasteiger partial charge in [-0.2, -0.15) is 0 Å². The summed E-state index contributed by atoms with van der Waals surface area (Å²) in [4.78, 5) is 25.9. The highest BCUT2D eigenvalue weighted by Crippen LogP contribution is 2.16. The number of benzene rings is 3. The molecule has 0 heterocycles. The first-order valence-corrected chi connectivity index (χ1v) is 12.7. The lowest BCUT2D eigenvalue weighted by Crippen LogP contribution is -2.42. The minimum atomic E-state index is -0.747. The van der Waals surface area contributed by atoms with Gasteiger partial charge in [0.25, 0.3) is 0 Å². The Bertz CT molecular complexity index is 1120. The van der Waals surface area contributed by atoms with Crippen molar-refractivity contribution in [1.82, 2.24) is 5.32 Å². The van der Waals surface area contributed by atoms with Crippen LogP contribution in [0.2, 0.25) is 0 Å². The smallest absolute Gasteiger partial charge is 0.408 e. The second-order valence-corrected chi connectivity index (χ2v) is 10.1. The van der Waals surface area contributed by atoms with Crippen molar-refractivity contribution in [3.63, 3.8) is 0 Å². The fourth-order valence-corrected chi connectivity index (χ4v) is 3.78. The lowest BCUT2D eigenvalue weighted by atomic mass is 9.97. The molecule has 0 aromatic heterocycles. The second kappa shape index (κ2) is 14.1. The molecule has 0 saturated heterocycles. The summed E-state index contributed by atoms with van der Waals surface area (Å²) in [6.07, 6.45) is 3.97. The molecule has 37 heavy (non-hydrogen) atoms. The minimum absolute atomic E-state index is 0.00739. The van der Waals surface area contributed by atoms with Crippen molar-refractivity contribution in [3.8, 4) is 0 Å². The van der Waals surface area contributed by atoms with E-state index in [9.17, 15) is 9.59 Å². The van der Waals surface area contributed by atoms with E-state index < -0.39 is 12.1 Å². The maximum absolute atomic E-state index is 13.3. The van der Waals surface area contributed by atoms with Crippen LogP contribution in [0.3, 0.4) is 0 Å². The van der Waals surface area contributed by atoms with Crippen molar-refractivity contribution in [2.45, 2.75) is 51.9 Å². The zero-order valence-corrected chi connectivity index (χ0v) is 21.9. The van der Waals surface area contributed by atoms with E-state index in [1.807, 2.05) is 106 Å². The van der Waals surface area contributed by atoms with Gasteiger partial charge in [-0.3, -0.25) is 4.79 Å².